The highest BCUT2D eigenvalue weighted by atomic mass is 16.5. The average Bonchev–Trinajstić information content (AvgIpc) is 2.99. The maximum absolute atomic E-state index is 6.15. The van der Waals surface area contributed by atoms with Crippen LogP contribution in [0, 0.1) is 0 Å². The Kier molecular flexibility index (Phi) is 3.99. The molecule has 1 aromatic rings. The summed E-state index contributed by atoms with van der Waals surface area (Å²) in [5.41, 5.74) is 9.11. The number of hydrogen-bond acceptors (Lipinski definition) is 3. The molecule has 0 radical (unpaired) electrons. The Morgan fingerprint density at radius 2 is 2.10 bits per heavy atom. The number of nitrogens with one attached hydrogen (secondary N) is 1. The van der Waals surface area contributed by atoms with Gasteiger partial charge in [0.1, 0.15) is 5.75 Å². The molecule has 1 atom stereocenters. The molecule has 3 rings (SSSR count). The number of ether oxygens (including phenoxy) is 1. The smallest absolute Gasteiger partial charge is 0.119 e. The Labute approximate surface area is 121 Å². The molecule has 0 amide bonds. The summed E-state index contributed by atoms with van der Waals surface area (Å²) in [5.74, 6) is 0.956. The van der Waals surface area contributed by atoms with E-state index >= 15 is 0 Å². The monoisotopic (exact) mass is 274 g/mol. The normalized spacial score (nSPS) is 26.5. The van der Waals surface area contributed by atoms with Crippen molar-refractivity contribution in [1.29, 1.82) is 0 Å². The van der Waals surface area contributed by atoms with E-state index in [-0.39, 0.29) is 5.54 Å². The highest BCUT2D eigenvalue weighted by Crippen LogP contribution is 2.32. The van der Waals surface area contributed by atoms with Crippen molar-refractivity contribution in [2.75, 3.05) is 13.7 Å². The van der Waals surface area contributed by atoms with Crippen LogP contribution in [-0.4, -0.2) is 25.2 Å². The number of nitrogens with two attached hydrogens (primary N) is 1. The highest BCUT2D eigenvalue weighted by molar-refractivity contribution is 5.39. The third-order valence-corrected chi connectivity index (χ3v) is 5.07. The summed E-state index contributed by atoms with van der Waals surface area (Å²) in [4.78, 5) is 0. The molecular formula is C17H26N2O. The molecule has 1 aromatic carbocycles. The fourth-order valence-electron chi connectivity index (χ4n) is 3.82. The lowest BCUT2D eigenvalue weighted by molar-refractivity contribution is 0.259. The van der Waals surface area contributed by atoms with Crippen molar-refractivity contribution in [3.05, 3.63) is 29.3 Å². The first-order valence-electron chi connectivity index (χ1n) is 7.88. The standard InChI is InChI=1S/C17H26N2O/c1-20-16-7-6-13-8-9-17(12-18,11-14(13)10-16)19-15-4-2-3-5-15/h6-7,10,15,19H,2-5,8-9,11-12,18H2,1H3. The van der Waals surface area contributed by atoms with E-state index in [1.165, 1.54) is 36.8 Å². The molecule has 20 heavy (non-hydrogen) atoms. The predicted octanol–water partition coefficient (Wildman–Crippen LogP) is 2.41. The van der Waals surface area contributed by atoms with Crippen LogP contribution in [0.5, 0.6) is 5.75 Å². The van der Waals surface area contributed by atoms with Gasteiger partial charge < -0.3 is 15.8 Å². The second-order valence-corrected chi connectivity index (χ2v) is 6.42. The summed E-state index contributed by atoms with van der Waals surface area (Å²) in [7, 11) is 1.73. The van der Waals surface area contributed by atoms with E-state index < -0.39 is 0 Å². The quantitative estimate of drug-likeness (QED) is 0.886. The van der Waals surface area contributed by atoms with E-state index in [0.717, 1.165) is 31.6 Å². The molecule has 0 saturated heterocycles. The van der Waals surface area contributed by atoms with Gasteiger partial charge in [-0.25, -0.2) is 0 Å². The van der Waals surface area contributed by atoms with Crippen molar-refractivity contribution in [2.24, 2.45) is 5.73 Å². The minimum Gasteiger partial charge on any atom is -0.497 e. The van der Waals surface area contributed by atoms with Crippen molar-refractivity contribution in [1.82, 2.24) is 5.32 Å². The van der Waals surface area contributed by atoms with Gasteiger partial charge in [0, 0.05) is 18.1 Å². The lowest BCUT2D eigenvalue weighted by Crippen LogP contribution is -2.57. The number of methoxy groups -OCH3 is 1. The third kappa shape index (κ3) is 2.70. The zero-order valence-electron chi connectivity index (χ0n) is 12.5. The Balaban J connectivity index is 1.79. The number of rotatable bonds is 4. The van der Waals surface area contributed by atoms with Gasteiger partial charge in [-0.3, -0.25) is 0 Å². The van der Waals surface area contributed by atoms with Gasteiger partial charge in [0.05, 0.1) is 7.11 Å². The molecule has 3 heteroatoms. The van der Waals surface area contributed by atoms with Crippen molar-refractivity contribution < 1.29 is 4.74 Å². The minimum atomic E-state index is 0.0916. The van der Waals surface area contributed by atoms with E-state index in [1.807, 2.05) is 0 Å². The molecular weight excluding hydrogens is 248 g/mol. The van der Waals surface area contributed by atoms with Crippen LogP contribution in [0.2, 0.25) is 0 Å². The van der Waals surface area contributed by atoms with E-state index in [2.05, 4.69) is 23.5 Å². The summed E-state index contributed by atoms with van der Waals surface area (Å²) >= 11 is 0. The molecule has 0 heterocycles. The van der Waals surface area contributed by atoms with E-state index in [4.69, 9.17) is 10.5 Å². The second-order valence-electron chi connectivity index (χ2n) is 6.42. The molecule has 0 spiro atoms. The predicted molar refractivity (Wildman–Crippen MR) is 82.2 cm³/mol. The molecule has 110 valence electrons. The summed E-state index contributed by atoms with van der Waals surface area (Å²) in [6.07, 6.45) is 8.66. The van der Waals surface area contributed by atoms with Gasteiger partial charge in [-0.2, -0.15) is 0 Å². The zero-order chi connectivity index (χ0) is 14.0. The molecule has 1 saturated carbocycles. The Bertz CT molecular complexity index is 468. The molecule has 2 aliphatic rings. The lowest BCUT2D eigenvalue weighted by atomic mass is 9.77. The van der Waals surface area contributed by atoms with Crippen molar-refractivity contribution in [2.45, 2.75) is 56.5 Å². The third-order valence-electron chi connectivity index (χ3n) is 5.07. The van der Waals surface area contributed by atoms with Gasteiger partial charge in [0.15, 0.2) is 0 Å². The SMILES string of the molecule is COc1ccc2c(c1)CC(CN)(NC1CCCC1)CC2. The zero-order valence-corrected chi connectivity index (χ0v) is 12.5. The molecule has 0 bridgehead atoms. The van der Waals surface area contributed by atoms with Gasteiger partial charge in [-0.1, -0.05) is 18.9 Å². The summed E-state index contributed by atoms with van der Waals surface area (Å²) in [6.45, 7) is 0.722. The summed E-state index contributed by atoms with van der Waals surface area (Å²) < 4.78 is 5.36. The van der Waals surface area contributed by atoms with Crippen molar-refractivity contribution >= 4 is 0 Å². The maximum atomic E-state index is 6.15. The Morgan fingerprint density at radius 1 is 1.30 bits per heavy atom. The van der Waals surface area contributed by atoms with Gasteiger partial charge in [0.25, 0.3) is 0 Å². The average molecular weight is 274 g/mol. The maximum Gasteiger partial charge on any atom is 0.119 e. The fourth-order valence-corrected chi connectivity index (χ4v) is 3.82. The highest BCUT2D eigenvalue weighted by Gasteiger charge is 2.35. The van der Waals surface area contributed by atoms with Crippen molar-refractivity contribution in [3.63, 3.8) is 0 Å². The van der Waals surface area contributed by atoms with Crippen molar-refractivity contribution in [3.8, 4) is 5.75 Å². The molecule has 1 fully saturated rings. The molecule has 1 unspecified atom stereocenters. The molecule has 3 N–H and O–H groups in total. The van der Waals surface area contributed by atoms with Crippen LogP contribution in [0.4, 0.5) is 0 Å². The summed E-state index contributed by atoms with van der Waals surface area (Å²) in [5, 5.41) is 3.89. The molecule has 3 nitrogen and oxygen atoms in total. The summed E-state index contributed by atoms with van der Waals surface area (Å²) in [6, 6.07) is 7.14. The van der Waals surface area contributed by atoms with Crippen LogP contribution in [-0.2, 0) is 12.8 Å². The second kappa shape index (κ2) is 5.74. The fraction of sp³-hybridized carbons (Fsp3) is 0.647. The number of fused-ring (bicyclic) bond motifs is 1. The molecule has 2 aliphatic carbocycles. The first-order valence-corrected chi connectivity index (χ1v) is 7.88. The van der Waals surface area contributed by atoms with Crippen LogP contribution < -0.4 is 15.8 Å². The largest absolute Gasteiger partial charge is 0.497 e. The lowest BCUT2D eigenvalue weighted by Gasteiger charge is -2.40. The van der Waals surface area contributed by atoms with Gasteiger partial charge >= 0.3 is 0 Å². The Hall–Kier alpha value is -1.06. The van der Waals surface area contributed by atoms with Crippen LogP contribution >= 0.6 is 0 Å². The van der Waals surface area contributed by atoms with Gasteiger partial charge in [-0.05, 0) is 55.4 Å². The Morgan fingerprint density at radius 3 is 2.80 bits per heavy atom. The topological polar surface area (TPSA) is 47.3 Å². The van der Waals surface area contributed by atoms with E-state index in [0.29, 0.717) is 6.04 Å². The first-order chi connectivity index (χ1) is 9.74. The van der Waals surface area contributed by atoms with Crippen LogP contribution in [0.3, 0.4) is 0 Å². The van der Waals surface area contributed by atoms with Gasteiger partial charge in [-0.15, -0.1) is 0 Å². The van der Waals surface area contributed by atoms with E-state index in [9.17, 15) is 0 Å². The number of benzene rings is 1. The van der Waals surface area contributed by atoms with Gasteiger partial charge in [0.2, 0.25) is 0 Å². The number of hydrogen-bond donors (Lipinski definition) is 2. The molecule has 0 aliphatic heterocycles. The minimum absolute atomic E-state index is 0.0916. The van der Waals surface area contributed by atoms with Crippen LogP contribution in [0.15, 0.2) is 18.2 Å². The van der Waals surface area contributed by atoms with Crippen LogP contribution in [0.25, 0.3) is 0 Å². The van der Waals surface area contributed by atoms with Crippen LogP contribution in [0.1, 0.15) is 43.2 Å². The molecule has 0 aromatic heterocycles. The first kappa shape index (κ1) is 13.9. The number of aryl methyl sites for hydroxylation is 1. The van der Waals surface area contributed by atoms with E-state index in [1.54, 1.807) is 7.11 Å².